The number of nitrogens with zero attached hydrogens (tertiary/aromatic N) is 6. The van der Waals surface area contributed by atoms with E-state index in [0.717, 1.165) is 9.75 Å². The zero-order valence-corrected chi connectivity index (χ0v) is 19.2. The van der Waals surface area contributed by atoms with Crippen molar-refractivity contribution >= 4 is 21.4 Å². The number of hydrogen-bond acceptors (Lipinski definition) is 7. The molecular weight excluding hydrogens is 463 g/mol. The molecule has 33 heavy (non-hydrogen) atoms. The first-order chi connectivity index (χ1) is 16.0. The number of benzene rings is 2. The van der Waals surface area contributed by atoms with E-state index in [1.54, 1.807) is 47.7 Å². The molecule has 0 radical (unpaired) electrons. The minimum absolute atomic E-state index is 0.219. The third-order valence-corrected chi connectivity index (χ3v) is 8.58. The fourth-order valence-electron chi connectivity index (χ4n) is 3.83. The van der Waals surface area contributed by atoms with Gasteiger partial charge in [0.2, 0.25) is 10.0 Å². The Balaban J connectivity index is 1.23. The molecule has 1 fully saturated rings. The Labute approximate surface area is 194 Å². The van der Waals surface area contributed by atoms with E-state index in [2.05, 4.69) is 20.4 Å². The molecular formula is C22H21FN6O2S2. The second-order valence-corrected chi connectivity index (χ2v) is 10.8. The third kappa shape index (κ3) is 4.58. The maximum atomic E-state index is 14.1. The highest BCUT2D eigenvalue weighted by molar-refractivity contribution is 7.89. The lowest BCUT2D eigenvalue weighted by Gasteiger charge is -2.33. The van der Waals surface area contributed by atoms with E-state index < -0.39 is 10.0 Å². The zero-order chi connectivity index (χ0) is 22.8. The summed E-state index contributed by atoms with van der Waals surface area (Å²) in [4.78, 5) is 4.46. The lowest BCUT2D eigenvalue weighted by Crippen LogP contribution is -2.48. The minimum atomic E-state index is -3.62. The van der Waals surface area contributed by atoms with Crippen LogP contribution in [0, 0.1) is 5.82 Å². The predicted octanol–water partition coefficient (Wildman–Crippen LogP) is 3.04. The number of aromatic nitrogens is 4. The summed E-state index contributed by atoms with van der Waals surface area (Å²) in [5.41, 5.74) is 1.19. The Morgan fingerprint density at radius 1 is 0.970 bits per heavy atom. The molecule has 0 saturated carbocycles. The maximum absolute atomic E-state index is 14.1. The van der Waals surface area contributed by atoms with E-state index in [0.29, 0.717) is 44.0 Å². The van der Waals surface area contributed by atoms with Gasteiger partial charge in [0, 0.05) is 48.0 Å². The van der Waals surface area contributed by atoms with Crippen molar-refractivity contribution < 1.29 is 12.8 Å². The minimum Gasteiger partial charge on any atom is -0.296 e. The van der Waals surface area contributed by atoms with Gasteiger partial charge in [0.25, 0.3) is 0 Å². The quantitative estimate of drug-likeness (QED) is 0.418. The van der Waals surface area contributed by atoms with Crippen molar-refractivity contribution in [1.29, 1.82) is 0 Å². The topological polar surface area (TPSA) is 84.2 Å². The van der Waals surface area contributed by atoms with Crippen LogP contribution < -0.4 is 0 Å². The highest BCUT2D eigenvalue weighted by atomic mass is 32.2. The van der Waals surface area contributed by atoms with Crippen LogP contribution in [-0.4, -0.2) is 64.0 Å². The van der Waals surface area contributed by atoms with E-state index in [1.165, 1.54) is 21.4 Å². The second kappa shape index (κ2) is 9.10. The molecule has 4 aromatic rings. The summed E-state index contributed by atoms with van der Waals surface area (Å²) in [6.45, 7) is 2.77. The second-order valence-electron chi connectivity index (χ2n) is 7.68. The molecule has 3 heterocycles. The number of hydrogen-bond donors (Lipinski definition) is 0. The smallest absolute Gasteiger partial charge is 0.243 e. The van der Waals surface area contributed by atoms with Crippen LogP contribution in [0.4, 0.5) is 4.39 Å². The molecule has 0 unspecified atom stereocenters. The van der Waals surface area contributed by atoms with Crippen LogP contribution in [0.1, 0.15) is 4.88 Å². The van der Waals surface area contributed by atoms with Gasteiger partial charge < -0.3 is 0 Å². The van der Waals surface area contributed by atoms with Crippen molar-refractivity contribution in [1.82, 2.24) is 29.4 Å². The van der Waals surface area contributed by atoms with Gasteiger partial charge in [0.05, 0.1) is 10.6 Å². The van der Waals surface area contributed by atoms with Crippen molar-refractivity contribution in [2.24, 2.45) is 0 Å². The van der Waals surface area contributed by atoms with Crippen LogP contribution >= 0.6 is 11.3 Å². The summed E-state index contributed by atoms with van der Waals surface area (Å²) in [7, 11) is -3.62. The van der Waals surface area contributed by atoms with Gasteiger partial charge in [0.1, 0.15) is 12.1 Å². The van der Waals surface area contributed by atoms with Crippen LogP contribution in [-0.2, 0) is 16.6 Å². The molecule has 0 spiro atoms. The highest BCUT2D eigenvalue weighted by Crippen LogP contribution is 2.31. The fourth-order valence-corrected chi connectivity index (χ4v) is 6.37. The van der Waals surface area contributed by atoms with E-state index in [1.807, 2.05) is 18.2 Å². The first-order valence-electron chi connectivity index (χ1n) is 10.4. The predicted molar refractivity (Wildman–Crippen MR) is 123 cm³/mol. The zero-order valence-electron chi connectivity index (χ0n) is 17.6. The lowest BCUT2D eigenvalue weighted by molar-refractivity contribution is 0.183. The molecule has 1 aliphatic heterocycles. The van der Waals surface area contributed by atoms with E-state index in [4.69, 9.17) is 0 Å². The summed E-state index contributed by atoms with van der Waals surface area (Å²) in [5.74, 6) is -0.228. The Hall–Kier alpha value is -2.99. The Morgan fingerprint density at radius 3 is 2.55 bits per heavy atom. The molecule has 8 nitrogen and oxygen atoms in total. The number of tetrazole rings is 1. The molecule has 0 atom stereocenters. The first-order valence-corrected chi connectivity index (χ1v) is 12.7. The van der Waals surface area contributed by atoms with E-state index >= 15 is 0 Å². The number of piperazine rings is 1. The Morgan fingerprint density at radius 2 is 1.79 bits per heavy atom. The summed E-state index contributed by atoms with van der Waals surface area (Å²) < 4.78 is 43.4. The van der Waals surface area contributed by atoms with Crippen molar-refractivity contribution in [2.75, 3.05) is 26.2 Å². The molecule has 170 valence electrons. The number of halogens is 1. The van der Waals surface area contributed by atoms with Crippen LogP contribution in [0.25, 0.3) is 16.1 Å². The van der Waals surface area contributed by atoms with E-state index in [9.17, 15) is 12.8 Å². The van der Waals surface area contributed by atoms with Gasteiger partial charge in [0.15, 0.2) is 0 Å². The normalized spacial score (nSPS) is 15.7. The van der Waals surface area contributed by atoms with Gasteiger partial charge in [-0.2, -0.15) is 4.31 Å². The summed E-state index contributed by atoms with van der Waals surface area (Å²) in [6, 6.07) is 17.3. The molecule has 0 N–H and O–H groups in total. The van der Waals surface area contributed by atoms with Gasteiger partial charge in [-0.1, -0.05) is 24.3 Å². The highest BCUT2D eigenvalue weighted by Gasteiger charge is 2.29. The van der Waals surface area contributed by atoms with Crippen LogP contribution in [0.15, 0.2) is 71.9 Å². The van der Waals surface area contributed by atoms with Gasteiger partial charge >= 0.3 is 0 Å². The average molecular weight is 485 g/mol. The Kier molecular flexibility index (Phi) is 6.02. The Bertz CT molecular complexity index is 1350. The van der Waals surface area contributed by atoms with Crippen molar-refractivity contribution in [2.45, 2.75) is 11.4 Å². The standard InChI is InChI=1S/C22H21FN6O2S2/c23-21-7-2-1-6-20(21)22-9-8-18(32-22)15-27-10-12-28(13-11-27)33(30,31)19-5-3-4-17(14-19)29-16-24-25-26-29/h1-9,14,16H,10-13,15H2. The number of rotatable bonds is 6. The molecule has 2 aromatic carbocycles. The molecule has 5 rings (SSSR count). The van der Waals surface area contributed by atoms with Crippen molar-refractivity contribution in [3.8, 4) is 16.1 Å². The monoisotopic (exact) mass is 484 g/mol. The van der Waals surface area contributed by atoms with Gasteiger partial charge in [-0.15, -0.1) is 16.4 Å². The van der Waals surface area contributed by atoms with Crippen LogP contribution in [0.2, 0.25) is 0 Å². The average Bonchev–Trinajstić information content (AvgIpc) is 3.53. The van der Waals surface area contributed by atoms with Crippen LogP contribution in [0.5, 0.6) is 0 Å². The molecule has 2 aromatic heterocycles. The molecule has 11 heteroatoms. The first kappa shape index (κ1) is 21.8. The molecule has 0 aliphatic carbocycles. The fraction of sp³-hybridized carbons (Fsp3) is 0.227. The lowest BCUT2D eigenvalue weighted by atomic mass is 10.2. The molecule has 0 amide bonds. The van der Waals surface area contributed by atoms with E-state index in [-0.39, 0.29) is 10.7 Å². The SMILES string of the molecule is O=S(=O)(c1cccc(-n2cnnn2)c1)N1CCN(Cc2ccc(-c3ccccc3F)s2)CC1. The summed E-state index contributed by atoms with van der Waals surface area (Å²) in [5, 5.41) is 11.0. The van der Waals surface area contributed by atoms with Gasteiger partial charge in [-0.3, -0.25) is 4.90 Å². The van der Waals surface area contributed by atoms with Crippen LogP contribution in [0.3, 0.4) is 0 Å². The summed E-state index contributed by atoms with van der Waals surface area (Å²) >= 11 is 1.57. The van der Waals surface area contributed by atoms with Crippen molar-refractivity contribution in [3.63, 3.8) is 0 Å². The van der Waals surface area contributed by atoms with Gasteiger partial charge in [-0.05, 0) is 46.8 Å². The molecule has 0 bridgehead atoms. The molecule has 1 aliphatic rings. The largest absolute Gasteiger partial charge is 0.296 e. The van der Waals surface area contributed by atoms with Gasteiger partial charge in [-0.25, -0.2) is 17.5 Å². The summed E-state index contributed by atoms with van der Waals surface area (Å²) in [6.07, 6.45) is 1.42. The number of sulfonamides is 1. The maximum Gasteiger partial charge on any atom is 0.243 e. The number of thiophene rings is 1. The molecule has 1 saturated heterocycles. The van der Waals surface area contributed by atoms with Crippen molar-refractivity contribution in [3.05, 3.63) is 77.7 Å². The third-order valence-electron chi connectivity index (χ3n) is 5.58.